The Morgan fingerprint density at radius 2 is 2.14 bits per heavy atom. The third-order valence-electron chi connectivity index (χ3n) is 3.40. The van der Waals surface area contributed by atoms with Gasteiger partial charge in [-0.25, -0.2) is 0 Å². The van der Waals surface area contributed by atoms with Crippen molar-refractivity contribution in [1.29, 1.82) is 0 Å². The molecule has 0 radical (unpaired) electrons. The summed E-state index contributed by atoms with van der Waals surface area (Å²) >= 11 is 4.25. The van der Waals surface area contributed by atoms with Crippen LogP contribution in [-0.2, 0) is 0 Å². The van der Waals surface area contributed by atoms with Gasteiger partial charge < -0.3 is 4.90 Å². The summed E-state index contributed by atoms with van der Waals surface area (Å²) in [4.78, 5) is 4.95. The molecule has 0 aromatic rings. The molecule has 2 rings (SSSR count). The number of thiol groups is 1. The zero-order valence-corrected chi connectivity index (χ0v) is 9.89. The van der Waals surface area contributed by atoms with Crippen LogP contribution < -0.4 is 0 Å². The molecule has 1 spiro atoms. The van der Waals surface area contributed by atoms with Gasteiger partial charge in [0.2, 0.25) is 0 Å². The smallest absolute Gasteiger partial charge is 0.0198 e. The molecule has 0 aromatic heterocycles. The molecular formula is C11H20N2S. The maximum Gasteiger partial charge on any atom is 0.0198 e. The van der Waals surface area contributed by atoms with E-state index in [0.29, 0.717) is 5.41 Å². The molecule has 80 valence electrons. The molecule has 14 heavy (non-hydrogen) atoms. The molecular weight excluding hydrogens is 192 g/mol. The molecule has 2 heterocycles. The topological polar surface area (TPSA) is 6.48 Å². The first kappa shape index (κ1) is 10.5. The summed E-state index contributed by atoms with van der Waals surface area (Å²) in [5.41, 5.74) is 1.88. The van der Waals surface area contributed by atoms with Gasteiger partial charge in [-0.2, -0.15) is 12.6 Å². The predicted molar refractivity (Wildman–Crippen MR) is 64.0 cm³/mol. The average molecular weight is 212 g/mol. The third kappa shape index (κ3) is 2.00. The van der Waals surface area contributed by atoms with Crippen molar-refractivity contribution in [3.05, 3.63) is 12.2 Å². The van der Waals surface area contributed by atoms with Crippen LogP contribution >= 0.6 is 12.6 Å². The second-order valence-corrected chi connectivity index (χ2v) is 5.36. The fraction of sp³-hybridized carbons (Fsp3) is 0.818. The van der Waals surface area contributed by atoms with Gasteiger partial charge in [0.05, 0.1) is 0 Å². The van der Waals surface area contributed by atoms with E-state index in [9.17, 15) is 0 Å². The fourth-order valence-corrected chi connectivity index (χ4v) is 2.99. The van der Waals surface area contributed by atoms with Crippen LogP contribution in [0.25, 0.3) is 0 Å². The number of likely N-dealkylation sites (tertiary alicyclic amines) is 2. The summed E-state index contributed by atoms with van der Waals surface area (Å²) in [6.07, 6.45) is 1.37. The van der Waals surface area contributed by atoms with Gasteiger partial charge in [-0.3, -0.25) is 4.90 Å². The van der Waals surface area contributed by atoms with E-state index < -0.39 is 0 Å². The van der Waals surface area contributed by atoms with Crippen LogP contribution in [0.3, 0.4) is 0 Å². The lowest BCUT2D eigenvalue weighted by atomic mass is 9.79. The van der Waals surface area contributed by atoms with Crippen molar-refractivity contribution in [1.82, 2.24) is 9.80 Å². The van der Waals surface area contributed by atoms with Crippen molar-refractivity contribution in [2.24, 2.45) is 5.41 Å². The summed E-state index contributed by atoms with van der Waals surface area (Å²) in [6.45, 7) is 10.2. The van der Waals surface area contributed by atoms with Gasteiger partial charge in [0.15, 0.2) is 0 Å². The van der Waals surface area contributed by atoms with Gasteiger partial charge in [-0.15, -0.1) is 0 Å². The molecule has 3 heteroatoms. The summed E-state index contributed by atoms with van der Waals surface area (Å²) in [7, 11) is 2.21. The zero-order valence-electron chi connectivity index (χ0n) is 9.00. The number of nitrogens with zero attached hydrogens (tertiary/aromatic N) is 2. The Bertz CT molecular complexity index is 233. The van der Waals surface area contributed by atoms with E-state index >= 15 is 0 Å². The van der Waals surface area contributed by atoms with E-state index in [4.69, 9.17) is 0 Å². The highest BCUT2D eigenvalue weighted by Crippen LogP contribution is 2.38. The Hall–Kier alpha value is 0.01000. The minimum absolute atomic E-state index is 0.631. The molecule has 2 fully saturated rings. The van der Waals surface area contributed by atoms with Gasteiger partial charge in [0.1, 0.15) is 0 Å². The Balaban J connectivity index is 1.80. The Labute approximate surface area is 92.4 Å². The van der Waals surface area contributed by atoms with Crippen molar-refractivity contribution < 1.29 is 0 Å². The highest BCUT2D eigenvalue weighted by atomic mass is 32.1. The predicted octanol–water partition coefficient (Wildman–Crippen LogP) is 1.11. The van der Waals surface area contributed by atoms with Crippen LogP contribution in [0.1, 0.15) is 6.42 Å². The Morgan fingerprint density at radius 1 is 1.43 bits per heavy atom. The number of hydrogen-bond donors (Lipinski definition) is 1. The van der Waals surface area contributed by atoms with Crippen LogP contribution in [-0.4, -0.2) is 55.3 Å². The maximum atomic E-state index is 4.25. The zero-order chi connectivity index (χ0) is 10.2. The first-order valence-corrected chi connectivity index (χ1v) is 5.95. The van der Waals surface area contributed by atoms with Crippen LogP contribution in [0, 0.1) is 5.41 Å². The van der Waals surface area contributed by atoms with Gasteiger partial charge >= 0.3 is 0 Å². The first-order chi connectivity index (χ1) is 6.63. The molecule has 0 N–H and O–H groups in total. The Morgan fingerprint density at radius 3 is 2.71 bits per heavy atom. The van der Waals surface area contributed by atoms with Crippen molar-refractivity contribution >= 4 is 12.6 Å². The monoisotopic (exact) mass is 212 g/mol. The largest absolute Gasteiger partial charge is 0.305 e. The quantitative estimate of drug-likeness (QED) is 0.553. The molecule has 0 aromatic carbocycles. The lowest BCUT2D eigenvalue weighted by molar-refractivity contribution is 0.0316. The van der Waals surface area contributed by atoms with E-state index in [1.54, 1.807) is 0 Å². The van der Waals surface area contributed by atoms with E-state index in [2.05, 4.69) is 36.1 Å². The summed E-state index contributed by atoms with van der Waals surface area (Å²) in [6, 6.07) is 0. The van der Waals surface area contributed by atoms with Crippen molar-refractivity contribution in [2.45, 2.75) is 6.42 Å². The van der Waals surface area contributed by atoms with Gasteiger partial charge in [0.25, 0.3) is 0 Å². The molecule has 0 saturated carbocycles. The van der Waals surface area contributed by atoms with Crippen molar-refractivity contribution in [2.75, 3.05) is 45.5 Å². The second kappa shape index (κ2) is 3.87. The van der Waals surface area contributed by atoms with Crippen molar-refractivity contribution in [3.63, 3.8) is 0 Å². The molecule has 2 nitrogen and oxygen atoms in total. The highest BCUT2D eigenvalue weighted by Gasteiger charge is 2.45. The van der Waals surface area contributed by atoms with E-state index in [1.807, 2.05) is 0 Å². The maximum absolute atomic E-state index is 4.25. The average Bonchev–Trinajstić information content (AvgIpc) is 2.48. The summed E-state index contributed by atoms with van der Waals surface area (Å²) in [5, 5.41) is 0. The lowest BCUT2D eigenvalue weighted by Crippen LogP contribution is -2.55. The molecule has 0 aliphatic carbocycles. The molecule has 2 aliphatic heterocycles. The second-order valence-electron chi connectivity index (χ2n) is 5.04. The molecule has 0 unspecified atom stereocenters. The third-order valence-corrected chi connectivity index (χ3v) is 3.85. The molecule has 2 saturated heterocycles. The normalized spacial score (nSPS) is 26.7. The van der Waals surface area contributed by atoms with Gasteiger partial charge in [-0.1, -0.05) is 12.2 Å². The Kier molecular flexibility index (Phi) is 2.91. The fourth-order valence-electron chi connectivity index (χ4n) is 2.89. The number of rotatable bonds is 3. The van der Waals surface area contributed by atoms with Gasteiger partial charge in [-0.05, 0) is 20.0 Å². The SMILES string of the molecule is C=C(CS)CN1CCC2(CN(C)C2)C1. The number of hydrogen-bond acceptors (Lipinski definition) is 3. The van der Waals surface area contributed by atoms with E-state index in [-0.39, 0.29) is 0 Å². The van der Waals surface area contributed by atoms with Crippen LogP contribution in [0.5, 0.6) is 0 Å². The minimum Gasteiger partial charge on any atom is -0.305 e. The first-order valence-electron chi connectivity index (χ1n) is 5.32. The van der Waals surface area contributed by atoms with E-state index in [1.165, 1.54) is 38.2 Å². The molecule has 0 atom stereocenters. The molecule has 2 aliphatic rings. The molecule has 0 amide bonds. The lowest BCUT2D eigenvalue weighted by Gasteiger charge is -2.46. The van der Waals surface area contributed by atoms with Crippen molar-refractivity contribution in [3.8, 4) is 0 Å². The standard InChI is InChI=1S/C11H20N2S/c1-10(6-14)5-13-4-3-11(9-13)7-12(2)8-11/h14H,1,3-9H2,2H3. The minimum atomic E-state index is 0.631. The van der Waals surface area contributed by atoms with Crippen LogP contribution in [0.2, 0.25) is 0 Å². The van der Waals surface area contributed by atoms with Crippen LogP contribution in [0.15, 0.2) is 12.2 Å². The molecule has 0 bridgehead atoms. The van der Waals surface area contributed by atoms with Gasteiger partial charge in [0, 0.05) is 37.3 Å². The van der Waals surface area contributed by atoms with E-state index in [0.717, 1.165) is 12.3 Å². The van der Waals surface area contributed by atoms with Crippen LogP contribution in [0.4, 0.5) is 0 Å². The summed E-state index contributed by atoms with van der Waals surface area (Å²) < 4.78 is 0. The summed E-state index contributed by atoms with van der Waals surface area (Å²) in [5.74, 6) is 0.823. The highest BCUT2D eigenvalue weighted by molar-refractivity contribution is 7.80.